The van der Waals surface area contributed by atoms with E-state index >= 15 is 0 Å². The molecular weight excluding hydrogens is 308 g/mol. The molecule has 0 atom stereocenters. The molecule has 0 radical (unpaired) electrons. The molecule has 1 aromatic carbocycles. The van der Waals surface area contributed by atoms with Gasteiger partial charge >= 0.3 is 19.5 Å². The van der Waals surface area contributed by atoms with Crippen LogP contribution in [-0.4, -0.2) is 19.1 Å². The van der Waals surface area contributed by atoms with Gasteiger partial charge in [0.1, 0.15) is 14.1 Å². The number of nitrogens with zero attached hydrogens (tertiary/aromatic N) is 2. The molecule has 0 amide bonds. The first-order chi connectivity index (χ1) is 8.63. The van der Waals surface area contributed by atoms with Crippen molar-refractivity contribution in [3.63, 3.8) is 0 Å². The maximum atomic E-state index is 5.82. The van der Waals surface area contributed by atoms with Gasteiger partial charge in [-0.15, -0.1) is 11.3 Å². The molecule has 1 heterocycles. The Hall–Kier alpha value is -1.32. The Kier molecular flexibility index (Phi) is 3.97. The summed E-state index contributed by atoms with van der Waals surface area (Å²) in [6.07, 6.45) is 0. The maximum Gasteiger partial charge on any atom is 2.00 e. The van der Waals surface area contributed by atoms with Crippen molar-refractivity contribution in [1.82, 2.24) is 9.56 Å². The summed E-state index contributed by atoms with van der Waals surface area (Å²) in [6.45, 7) is 0. The van der Waals surface area contributed by atoms with Crippen LogP contribution < -0.4 is 15.7 Å². The predicted molar refractivity (Wildman–Crippen MR) is 77.8 cm³/mol. The molecule has 3 rings (SSSR count). The Labute approximate surface area is 128 Å². The second-order valence-corrected chi connectivity index (χ2v) is 5.57. The molecule has 1 aliphatic carbocycles. The SMILES string of the molecule is C[N+](C)=c1ccc2nc3ccc(N)cc3sc-2c1.[Zn+2]. The summed E-state index contributed by atoms with van der Waals surface area (Å²) in [5.41, 5.74) is 8.63. The molecule has 0 aromatic heterocycles. The Morgan fingerprint density at radius 1 is 1.11 bits per heavy atom. The van der Waals surface area contributed by atoms with Gasteiger partial charge in [-0.1, -0.05) is 0 Å². The number of hydrogen-bond donors (Lipinski definition) is 1. The van der Waals surface area contributed by atoms with Gasteiger partial charge in [0, 0.05) is 17.8 Å². The third-order valence-corrected chi connectivity index (χ3v) is 4.00. The van der Waals surface area contributed by atoms with Crippen LogP contribution in [0.3, 0.4) is 0 Å². The summed E-state index contributed by atoms with van der Waals surface area (Å²) in [6, 6.07) is 12.2. The van der Waals surface area contributed by atoms with Crippen molar-refractivity contribution in [2.75, 3.05) is 19.8 Å². The topological polar surface area (TPSA) is 41.9 Å². The summed E-state index contributed by atoms with van der Waals surface area (Å²) >= 11 is 1.73. The average molecular weight is 322 g/mol. The third kappa shape index (κ3) is 2.67. The minimum atomic E-state index is 0. The number of hydrogen-bond acceptors (Lipinski definition) is 3. The smallest absolute Gasteiger partial charge is 0.399 e. The Bertz CT molecular complexity index is 775. The van der Waals surface area contributed by atoms with Crippen molar-refractivity contribution < 1.29 is 19.5 Å². The number of fused-ring (bicyclic) bond motifs is 2. The number of rotatable bonds is 0. The molecule has 0 spiro atoms. The Morgan fingerprint density at radius 3 is 2.63 bits per heavy atom. The van der Waals surface area contributed by atoms with Gasteiger partial charge in [0.2, 0.25) is 5.36 Å². The number of benzene rings is 2. The first-order valence-corrected chi connectivity index (χ1v) is 6.55. The minimum absolute atomic E-state index is 0. The molecule has 1 aromatic rings. The van der Waals surface area contributed by atoms with Crippen molar-refractivity contribution in [3.05, 3.63) is 41.8 Å². The van der Waals surface area contributed by atoms with Crippen LogP contribution >= 0.6 is 11.3 Å². The van der Waals surface area contributed by atoms with Gasteiger partial charge in [0.05, 0.1) is 20.8 Å². The van der Waals surface area contributed by atoms with E-state index in [0.29, 0.717) is 0 Å². The van der Waals surface area contributed by atoms with Crippen LogP contribution in [0.25, 0.3) is 20.8 Å². The van der Waals surface area contributed by atoms with E-state index in [1.807, 2.05) is 32.3 Å². The largest absolute Gasteiger partial charge is 2.00 e. The molecular formula is C14H14N3SZn+3. The van der Waals surface area contributed by atoms with E-state index in [2.05, 4.69) is 27.8 Å². The molecule has 0 unspecified atom stereocenters. The van der Waals surface area contributed by atoms with Crippen LogP contribution in [0.4, 0.5) is 5.69 Å². The zero-order valence-corrected chi connectivity index (χ0v) is 14.8. The minimum Gasteiger partial charge on any atom is -0.399 e. The third-order valence-electron chi connectivity index (χ3n) is 2.90. The van der Waals surface area contributed by atoms with E-state index in [4.69, 9.17) is 5.73 Å². The second kappa shape index (κ2) is 5.35. The van der Waals surface area contributed by atoms with Gasteiger partial charge in [0.25, 0.3) is 0 Å². The van der Waals surface area contributed by atoms with E-state index in [0.717, 1.165) is 21.6 Å². The normalized spacial score (nSPS) is 10.4. The zero-order chi connectivity index (χ0) is 12.7. The molecule has 0 bridgehead atoms. The second-order valence-electron chi connectivity index (χ2n) is 4.49. The van der Waals surface area contributed by atoms with Crippen molar-refractivity contribution in [1.29, 1.82) is 0 Å². The molecule has 3 nitrogen and oxygen atoms in total. The van der Waals surface area contributed by atoms with E-state index in [-0.39, 0.29) is 19.5 Å². The fourth-order valence-corrected chi connectivity index (χ4v) is 2.96. The molecule has 1 aliphatic heterocycles. The molecule has 2 aliphatic rings. The standard InChI is InChI=1S/C14H13N3S.Zn/c1-17(2)10-4-6-12-14(8-10)18-13-7-9(15)3-5-11(13)16-12;/h3-8,15H,1-2H3;/q;+2/p+1. The van der Waals surface area contributed by atoms with Crippen LogP contribution in [-0.2, 0) is 19.5 Å². The van der Waals surface area contributed by atoms with Crippen LogP contribution in [0.15, 0.2) is 36.4 Å². The van der Waals surface area contributed by atoms with Gasteiger partial charge in [0.15, 0.2) is 0 Å². The van der Waals surface area contributed by atoms with Gasteiger partial charge in [-0.2, -0.15) is 0 Å². The first-order valence-electron chi connectivity index (χ1n) is 5.74. The van der Waals surface area contributed by atoms with Gasteiger partial charge in [-0.3, -0.25) is 0 Å². The number of nitrogens with two attached hydrogens (primary N) is 1. The molecule has 0 saturated heterocycles. The van der Waals surface area contributed by atoms with Crippen molar-refractivity contribution in [3.8, 4) is 10.6 Å². The van der Waals surface area contributed by atoms with Crippen LogP contribution in [0.1, 0.15) is 0 Å². The van der Waals surface area contributed by atoms with E-state index in [1.165, 1.54) is 10.2 Å². The summed E-state index contributed by atoms with van der Waals surface area (Å²) in [5.74, 6) is 0. The van der Waals surface area contributed by atoms with Gasteiger partial charge in [-0.25, -0.2) is 9.56 Å². The molecule has 0 fully saturated rings. The fraction of sp³-hybridized carbons (Fsp3) is 0.143. The number of anilines is 1. The van der Waals surface area contributed by atoms with Crippen molar-refractivity contribution >= 4 is 27.2 Å². The van der Waals surface area contributed by atoms with E-state index in [1.54, 1.807) is 11.3 Å². The van der Waals surface area contributed by atoms with Gasteiger partial charge in [-0.05, 0) is 24.3 Å². The monoisotopic (exact) mass is 320 g/mol. The summed E-state index contributed by atoms with van der Waals surface area (Å²) < 4.78 is 3.22. The molecule has 90 valence electrons. The van der Waals surface area contributed by atoms with E-state index in [9.17, 15) is 0 Å². The van der Waals surface area contributed by atoms with E-state index < -0.39 is 0 Å². The molecule has 2 N–H and O–H groups in total. The quantitative estimate of drug-likeness (QED) is 0.298. The maximum absolute atomic E-state index is 5.82. The summed E-state index contributed by atoms with van der Waals surface area (Å²) in [5, 5.41) is 1.18. The van der Waals surface area contributed by atoms with Crippen LogP contribution in [0.5, 0.6) is 0 Å². The Morgan fingerprint density at radius 2 is 1.89 bits per heavy atom. The average Bonchev–Trinajstić information content (AvgIpc) is 2.35. The summed E-state index contributed by atoms with van der Waals surface area (Å²) in [4.78, 5) is 5.84. The van der Waals surface area contributed by atoms with Crippen LogP contribution in [0.2, 0.25) is 0 Å². The summed E-state index contributed by atoms with van der Waals surface area (Å²) in [7, 11) is 4.08. The fourth-order valence-electron chi connectivity index (χ4n) is 1.91. The van der Waals surface area contributed by atoms with Gasteiger partial charge < -0.3 is 5.73 Å². The molecule has 5 heteroatoms. The first kappa shape index (κ1) is 14.1. The van der Waals surface area contributed by atoms with Crippen molar-refractivity contribution in [2.24, 2.45) is 0 Å². The predicted octanol–water partition coefficient (Wildman–Crippen LogP) is 2.01. The van der Waals surface area contributed by atoms with Crippen LogP contribution in [0, 0.1) is 0 Å². The van der Waals surface area contributed by atoms with Crippen molar-refractivity contribution in [2.45, 2.75) is 0 Å². The Balaban J connectivity index is 0.00000133. The zero-order valence-electron chi connectivity index (χ0n) is 11.1. The number of aromatic nitrogens is 1. The molecule has 19 heavy (non-hydrogen) atoms. The number of nitrogen functional groups attached to an aromatic ring is 1. The molecule has 0 saturated carbocycles.